The lowest BCUT2D eigenvalue weighted by Crippen LogP contribution is -2.32. The summed E-state index contributed by atoms with van der Waals surface area (Å²) in [5, 5.41) is 8.04. The van der Waals surface area contributed by atoms with E-state index in [9.17, 15) is 0 Å². The van der Waals surface area contributed by atoms with Gasteiger partial charge < -0.3 is 5.32 Å². The van der Waals surface area contributed by atoms with Gasteiger partial charge in [-0.15, -0.1) is 0 Å². The van der Waals surface area contributed by atoms with Gasteiger partial charge in [0.2, 0.25) is 0 Å². The summed E-state index contributed by atoms with van der Waals surface area (Å²) in [4.78, 5) is 0. The highest BCUT2D eigenvalue weighted by Gasteiger charge is 1.96. The van der Waals surface area contributed by atoms with Gasteiger partial charge in [0, 0.05) is 6.54 Å². The summed E-state index contributed by atoms with van der Waals surface area (Å²) >= 11 is 5.28. The first kappa shape index (κ1) is 27.4. The van der Waals surface area contributed by atoms with Gasteiger partial charge in [0.25, 0.3) is 0 Å². The zero-order valence-corrected chi connectivity index (χ0v) is 20.8. The lowest BCUT2D eigenvalue weighted by molar-refractivity contribution is 0.535. The normalized spacial score (nSPS) is 11.7. The minimum atomic E-state index is 0.596. The van der Waals surface area contributed by atoms with Crippen LogP contribution >= 0.6 is 12.2 Å². The Hall–Kier alpha value is -1.68. The van der Waals surface area contributed by atoms with Crippen molar-refractivity contribution in [1.29, 1.82) is 0 Å². The van der Waals surface area contributed by atoms with Gasteiger partial charge >= 0.3 is 0 Å². The molecule has 2 N–H and O–H groups in total. The van der Waals surface area contributed by atoms with E-state index in [0.717, 1.165) is 18.5 Å². The molecule has 0 saturated carbocycles. The van der Waals surface area contributed by atoms with Crippen LogP contribution in [0.2, 0.25) is 0 Å². The van der Waals surface area contributed by atoms with Gasteiger partial charge in [-0.05, 0) is 36.7 Å². The molecule has 0 fully saturated rings. The number of nitrogens with zero attached hydrogens (tertiary/aromatic N) is 1. The predicted molar refractivity (Wildman–Crippen MR) is 143 cm³/mol. The summed E-state index contributed by atoms with van der Waals surface area (Å²) in [5.74, 6) is 0. The van der Waals surface area contributed by atoms with Gasteiger partial charge in [-0.1, -0.05) is 127 Å². The number of thiocarbonyl (C=S) groups is 1. The van der Waals surface area contributed by atoms with E-state index in [-0.39, 0.29) is 0 Å². The van der Waals surface area contributed by atoms with Gasteiger partial charge in [0.05, 0.1) is 6.21 Å². The van der Waals surface area contributed by atoms with Crippen molar-refractivity contribution < 1.29 is 0 Å². The van der Waals surface area contributed by atoms with Gasteiger partial charge in [0.1, 0.15) is 0 Å². The van der Waals surface area contributed by atoms with Crippen molar-refractivity contribution in [2.24, 2.45) is 5.10 Å². The summed E-state index contributed by atoms with van der Waals surface area (Å²) in [5.41, 5.74) is 5.15. The molecular formula is C27H45N3S. The summed E-state index contributed by atoms with van der Waals surface area (Å²) in [6.07, 6.45) is 23.2. The molecule has 0 amide bonds. The molecule has 0 bridgehead atoms. The van der Waals surface area contributed by atoms with Crippen molar-refractivity contribution >= 4 is 29.6 Å². The molecule has 31 heavy (non-hydrogen) atoms. The van der Waals surface area contributed by atoms with E-state index in [0.29, 0.717) is 5.11 Å². The molecule has 0 aliphatic heterocycles. The van der Waals surface area contributed by atoms with E-state index in [1.807, 2.05) is 25.1 Å². The standard InChI is InChI=1S/C27H45N3S/c1-3-4-5-6-7-8-9-10-11-12-13-14-15-19-22-28-27(31)30-29-24-25(2)23-26-20-17-16-18-21-26/h16-18,20-21,23-24H,3-15,19,22H2,1-2H3,(H2,28,30,31)/b25-23+,29-24-. The monoisotopic (exact) mass is 443 g/mol. The fourth-order valence-corrected chi connectivity index (χ4v) is 3.76. The van der Waals surface area contributed by atoms with Crippen LogP contribution < -0.4 is 10.7 Å². The van der Waals surface area contributed by atoms with Crippen molar-refractivity contribution in [3.8, 4) is 0 Å². The van der Waals surface area contributed by atoms with Crippen molar-refractivity contribution in [2.75, 3.05) is 6.54 Å². The summed E-state index contributed by atoms with van der Waals surface area (Å²) in [6, 6.07) is 10.2. The Morgan fingerprint density at radius 3 is 1.87 bits per heavy atom. The Morgan fingerprint density at radius 2 is 1.32 bits per heavy atom. The largest absolute Gasteiger partial charge is 0.361 e. The molecule has 0 radical (unpaired) electrons. The molecule has 0 spiro atoms. The quantitative estimate of drug-likeness (QED) is 0.104. The van der Waals surface area contributed by atoms with Crippen LogP contribution in [0.5, 0.6) is 0 Å². The molecular weight excluding hydrogens is 398 g/mol. The molecule has 174 valence electrons. The van der Waals surface area contributed by atoms with E-state index in [1.165, 1.54) is 89.0 Å². The van der Waals surface area contributed by atoms with Crippen molar-refractivity contribution in [1.82, 2.24) is 10.7 Å². The van der Waals surface area contributed by atoms with Crippen LogP contribution in [0.1, 0.15) is 109 Å². The van der Waals surface area contributed by atoms with Crippen LogP contribution in [0.15, 0.2) is 41.0 Å². The molecule has 0 saturated heterocycles. The van der Waals surface area contributed by atoms with Crippen LogP contribution in [0.4, 0.5) is 0 Å². The molecule has 0 atom stereocenters. The summed E-state index contributed by atoms with van der Waals surface area (Å²) in [6.45, 7) is 5.23. The number of nitrogens with one attached hydrogen (secondary N) is 2. The zero-order valence-electron chi connectivity index (χ0n) is 20.0. The molecule has 1 aromatic rings. The Labute approximate surface area is 197 Å². The number of hydrazone groups is 1. The molecule has 0 unspecified atom stereocenters. The Kier molecular flexibility index (Phi) is 17.9. The highest BCUT2D eigenvalue weighted by Crippen LogP contribution is 2.12. The maximum Gasteiger partial charge on any atom is 0.186 e. The number of hydrogen-bond acceptors (Lipinski definition) is 2. The lowest BCUT2D eigenvalue weighted by atomic mass is 10.0. The second-order valence-electron chi connectivity index (χ2n) is 8.52. The van der Waals surface area contributed by atoms with Crippen LogP contribution in [0, 0.1) is 0 Å². The molecule has 0 aliphatic carbocycles. The van der Waals surface area contributed by atoms with E-state index < -0.39 is 0 Å². The van der Waals surface area contributed by atoms with E-state index in [4.69, 9.17) is 12.2 Å². The maximum atomic E-state index is 5.28. The van der Waals surface area contributed by atoms with Gasteiger partial charge in [-0.3, -0.25) is 5.43 Å². The van der Waals surface area contributed by atoms with E-state index in [1.54, 1.807) is 6.21 Å². The Bertz CT molecular complexity index is 610. The SMILES string of the molecule is CCCCCCCCCCCCCCCCNC(=S)N/N=C\C(C)=C\c1ccccc1. The average molecular weight is 444 g/mol. The highest BCUT2D eigenvalue weighted by molar-refractivity contribution is 7.80. The first-order valence-electron chi connectivity index (χ1n) is 12.5. The van der Waals surface area contributed by atoms with E-state index in [2.05, 4.69) is 41.0 Å². The molecule has 1 aromatic carbocycles. The lowest BCUT2D eigenvalue weighted by Gasteiger charge is -2.07. The Balaban J connectivity index is 1.89. The molecule has 4 heteroatoms. The molecule has 0 aliphatic rings. The molecule has 0 heterocycles. The van der Waals surface area contributed by atoms with E-state index >= 15 is 0 Å². The molecule has 0 aromatic heterocycles. The van der Waals surface area contributed by atoms with Crippen molar-refractivity contribution in [3.05, 3.63) is 41.5 Å². The van der Waals surface area contributed by atoms with Crippen LogP contribution in [0.25, 0.3) is 6.08 Å². The second-order valence-corrected chi connectivity index (χ2v) is 8.93. The summed E-state index contributed by atoms with van der Waals surface area (Å²) in [7, 11) is 0. The van der Waals surface area contributed by atoms with Gasteiger partial charge in [-0.2, -0.15) is 5.10 Å². The average Bonchev–Trinajstić information content (AvgIpc) is 2.77. The van der Waals surface area contributed by atoms with Crippen molar-refractivity contribution in [2.45, 2.75) is 104 Å². The zero-order chi connectivity index (χ0) is 22.4. The fourth-order valence-electron chi connectivity index (χ4n) is 3.60. The maximum absolute atomic E-state index is 5.28. The van der Waals surface area contributed by atoms with Gasteiger partial charge in [0.15, 0.2) is 5.11 Å². The predicted octanol–water partition coefficient (Wildman–Crippen LogP) is 8.02. The minimum Gasteiger partial charge on any atom is -0.361 e. The number of rotatable bonds is 18. The fraction of sp³-hybridized carbons (Fsp3) is 0.630. The first-order valence-corrected chi connectivity index (χ1v) is 12.9. The van der Waals surface area contributed by atoms with Gasteiger partial charge in [-0.25, -0.2) is 0 Å². The highest BCUT2D eigenvalue weighted by atomic mass is 32.1. The van der Waals surface area contributed by atoms with Crippen molar-refractivity contribution in [3.63, 3.8) is 0 Å². The Morgan fingerprint density at radius 1 is 0.806 bits per heavy atom. The number of unbranched alkanes of at least 4 members (excludes halogenated alkanes) is 13. The third-order valence-corrected chi connectivity index (χ3v) is 5.68. The van der Waals surface area contributed by atoms with Crippen LogP contribution in [-0.2, 0) is 0 Å². The smallest absolute Gasteiger partial charge is 0.186 e. The molecule has 3 nitrogen and oxygen atoms in total. The minimum absolute atomic E-state index is 0.596. The number of hydrogen-bond donors (Lipinski definition) is 2. The molecule has 1 rings (SSSR count). The number of allylic oxidation sites excluding steroid dienone is 1. The topological polar surface area (TPSA) is 36.4 Å². The first-order chi connectivity index (χ1) is 15.2. The second kappa shape index (κ2) is 20.2. The third kappa shape index (κ3) is 17.7. The van der Waals surface area contributed by atoms with Crippen LogP contribution in [0.3, 0.4) is 0 Å². The third-order valence-electron chi connectivity index (χ3n) is 5.44. The number of benzene rings is 1. The van der Waals surface area contributed by atoms with Crippen LogP contribution in [-0.4, -0.2) is 17.9 Å². The summed E-state index contributed by atoms with van der Waals surface area (Å²) < 4.78 is 0.